The van der Waals surface area contributed by atoms with Gasteiger partial charge in [0, 0.05) is 5.69 Å². The largest absolute Gasteiger partial charge is 0.232 e. The molecule has 2 heterocycles. The Morgan fingerprint density at radius 3 is 2.47 bits per heavy atom. The number of fused-ring (bicyclic) bond motifs is 1. The molecular formula is C11H16N4. The zero-order chi connectivity index (χ0) is 11.0. The van der Waals surface area contributed by atoms with E-state index < -0.39 is 0 Å². The summed E-state index contributed by atoms with van der Waals surface area (Å²) < 4.78 is 1.86. The van der Waals surface area contributed by atoms with Gasteiger partial charge in [-0.05, 0) is 31.9 Å². The summed E-state index contributed by atoms with van der Waals surface area (Å²) in [6.07, 6.45) is 0. The average molecular weight is 204 g/mol. The van der Waals surface area contributed by atoms with Crippen LogP contribution in [0.25, 0.3) is 11.2 Å². The lowest BCUT2D eigenvalue weighted by Crippen LogP contribution is -2.04. The highest BCUT2D eigenvalue weighted by atomic mass is 15.4. The predicted molar refractivity (Wildman–Crippen MR) is 59.8 cm³/mol. The SMILES string of the molecule is CC(C)c1ccc2nnn(C(C)C)c2n1. The van der Waals surface area contributed by atoms with Gasteiger partial charge in [0.15, 0.2) is 5.65 Å². The van der Waals surface area contributed by atoms with E-state index in [0.717, 1.165) is 16.9 Å². The Labute approximate surface area is 89.3 Å². The molecule has 0 saturated carbocycles. The summed E-state index contributed by atoms with van der Waals surface area (Å²) in [6, 6.07) is 4.31. The number of hydrogen-bond donors (Lipinski definition) is 0. The fourth-order valence-electron chi connectivity index (χ4n) is 1.51. The molecule has 0 aromatic carbocycles. The third kappa shape index (κ3) is 1.71. The highest BCUT2D eigenvalue weighted by molar-refractivity contribution is 5.69. The Morgan fingerprint density at radius 2 is 1.87 bits per heavy atom. The molecule has 0 atom stereocenters. The first-order chi connectivity index (χ1) is 7.09. The first kappa shape index (κ1) is 10.1. The Bertz CT molecular complexity index is 470. The molecule has 2 aromatic heterocycles. The van der Waals surface area contributed by atoms with Crippen molar-refractivity contribution in [1.82, 2.24) is 20.0 Å². The number of nitrogens with zero attached hydrogens (tertiary/aromatic N) is 4. The van der Waals surface area contributed by atoms with E-state index in [1.807, 2.05) is 16.8 Å². The maximum atomic E-state index is 4.59. The molecule has 0 unspecified atom stereocenters. The quantitative estimate of drug-likeness (QED) is 0.755. The summed E-state index contributed by atoms with van der Waals surface area (Å²) in [4.78, 5) is 4.59. The van der Waals surface area contributed by atoms with E-state index in [1.165, 1.54) is 0 Å². The van der Waals surface area contributed by atoms with Crippen LogP contribution >= 0.6 is 0 Å². The molecule has 15 heavy (non-hydrogen) atoms. The van der Waals surface area contributed by atoms with Crippen molar-refractivity contribution in [2.45, 2.75) is 39.7 Å². The Balaban J connectivity index is 2.61. The topological polar surface area (TPSA) is 43.6 Å². The summed E-state index contributed by atoms with van der Waals surface area (Å²) >= 11 is 0. The summed E-state index contributed by atoms with van der Waals surface area (Å²) in [5.41, 5.74) is 2.84. The van der Waals surface area contributed by atoms with Gasteiger partial charge in [-0.25, -0.2) is 9.67 Å². The van der Waals surface area contributed by atoms with Crippen LogP contribution in [0.15, 0.2) is 12.1 Å². The highest BCUT2D eigenvalue weighted by Gasteiger charge is 2.10. The van der Waals surface area contributed by atoms with Crippen LogP contribution in [0.5, 0.6) is 0 Å². The molecule has 0 radical (unpaired) electrons. The molecule has 0 aliphatic rings. The van der Waals surface area contributed by atoms with Crippen molar-refractivity contribution in [2.75, 3.05) is 0 Å². The fraction of sp³-hybridized carbons (Fsp3) is 0.545. The van der Waals surface area contributed by atoms with Crippen molar-refractivity contribution >= 4 is 11.2 Å². The molecule has 4 nitrogen and oxygen atoms in total. The molecule has 2 aromatic rings. The molecule has 80 valence electrons. The second-order valence-electron chi connectivity index (χ2n) is 4.36. The molecule has 4 heteroatoms. The first-order valence-electron chi connectivity index (χ1n) is 5.31. The molecule has 0 amide bonds. The van der Waals surface area contributed by atoms with Crippen LogP contribution in [0.3, 0.4) is 0 Å². The van der Waals surface area contributed by atoms with Crippen LogP contribution < -0.4 is 0 Å². The lowest BCUT2D eigenvalue weighted by Gasteiger charge is -2.07. The van der Waals surface area contributed by atoms with Gasteiger partial charge < -0.3 is 0 Å². The van der Waals surface area contributed by atoms with Crippen molar-refractivity contribution in [1.29, 1.82) is 0 Å². The highest BCUT2D eigenvalue weighted by Crippen LogP contribution is 2.17. The zero-order valence-corrected chi connectivity index (χ0v) is 9.60. The summed E-state index contributed by atoms with van der Waals surface area (Å²) in [6.45, 7) is 8.44. The molecule has 0 aliphatic heterocycles. The molecule has 0 aliphatic carbocycles. The van der Waals surface area contributed by atoms with Crippen LogP contribution in [0.4, 0.5) is 0 Å². The molecule has 2 rings (SSSR count). The Hall–Kier alpha value is -1.45. The van der Waals surface area contributed by atoms with Crippen molar-refractivity contribution in [3.63, 3.8) is 0 Å². The van der Waals surface area contributed by atoms with Gasteiger partial charge in [0.1, 0.15) is 5.52 Å². The Kier molecular flexibility index (Phi) is 2.42. The van der Waals surface area contributed by atoms with Gasteiger partial charge in [-0.3, -0.25) is 0 Å². The zero-order valence-electron chi connectivity index (χ0n) is 9.60. The minimum atomic E-state index is 0.296. The minimum absolute atomic E-state index is 0.296. The van der Waals surface area contributed by atoms with Crippen molar-refractivity contribution in [3.05, 3.63) is 17.8 Å². The third-order valence-corrected chi connectivity index (χ3v) is 2.42. The third-order valence-electron chi connectivity index (χ3n) is 2.42. The van der Waals surface area contributed by atoms with Gasteiger partial charge in [-0.1, -0.05) is 19.1 Å². The second kappa shape index (κ2) is 3.61. The maximum absolute atomic E-state index is 4.59. The molecular weight excluding hydrogens is 188 g/mol. The maximum Gasteiger partial charge on any atom is 0.178 e. The molecule has 0 saturated heterocycles. The molecule has 0 spiro atoms. The van der Waals surface area contributed by atoms with Crippen molar-refractivity contribution < 1.29 is 0 Å². The van der Waals surface area contributed by atoms with Crippen molar-refractivity contribution in [2.24, 2.45) is 0 Å². The van der Waals surface area contributed by atoms with Crippen LogP contribution in [0.2, 0.25) is 0 Å². The van der Waals surface area contributed by atoms with Gasteiger partial charge in [0.25, 0.3) is 0 Å². The van der Waals surface area contributed by atoms with Crippen LogP contribution in [0.1, 0.15) is 45.3 Å². The van der Waals surface area contributed by atoms with E-state index >= 15 is 0 Å². The number of aromatic nitrogens is 4. The number of pyridine rings is 1. The normalized spacial score (nSPS) is 11.9. The lowest BCUT2D eigenvalue weighted by atomic mass is 10.1. The van der Waals surface area contributed by atoms with Gasteiger partial charge in [0.2, 0.25) is 0 Å². The fourth-order valence-corrected chi connectivity index (χ4v) is 1.51. The lowest BCUT2D eigenvalue weighted by molar-refractivity contribution is 0.525. The molecule has 0 N–H and O–H groups in total. The predicted octanol–water partition coefficient (Wildman–Crippen LogP) is 2.53. The van der Waals surface area contributed by atoms with Crippen LogP contribution in [0, 0.1) is 0 Å². The van der Waals surface area contributed by atoms with E-state index in [4.69, 9.17) is 0 Å². The van der Waals surface area contributed by atoms with Crippen molar-refractivity contribution in [3.8, 4) is 0 Å². The number of hydrogen-bond acceptors (Lipinski definition) is 3. The van der Waals surface area contributed by atoms with Crippen LogP contribution in [-0.4, -0.2) is 20.0 Å². The van der Waals surface area contributed by atoms with Crippen LogP contribution in [-0.2, 0) is 0 Å². The van der Waals surface area contributed by atoms with Gasteiger partial charge in [-0.15, -0.1) is 5.10 Å². The standard InChI is InChI=1S/C11H16N4/c1-7(2)9-5-6-10-11(12-9)15(8(3)4)14-13-10/h5-8H,1-4H3. The summed E-state index contributed by atoms with van der Waals surface area (Å²) in [5, 5.41) is 8.19. The van der Waals surface area contributed by atoms with Gasteiger partial charge >= 0.3 is 0 Å². The van der Waals surface area contributed by atoms with Gasteiger partial charge in [0.05, 0.1) is 6.04 Å². The summed E-state index contributed by atoms with van der Waals surface area (Å²) in [5.74, 6) is 0.435. The van der Waals surface area contributed by atoms with E-state index in [-0.39, 0.29) is 0 Å². The smallest absolute Gasteiger partial charge is 0.178 e. The monoisotopic (exact) mass is 204 g/mol. The second-order valence-corrected chi connectivity index (χ2v) is 4.36. The first-order valence-corrected chi connectivity index (χ1v) is 5.31. The molecule has 0 bridgehead atoms. The Morgan fingerprint density at radius 1 is 1.13 bits per heavy atom. The van der Waals surface area contributed by atoms with E-state index in [2.05, 4.69) is 43.0 Å². The van der Waals surface area contributed by atoms with E-state index in [1.54, 1.807) is 0 Å². The van der Waals surface area contributed by atoms with E-state index in [9.17, 15) is 0 Å². The summed E-state index contributed by atoms with van der Waals surface area (Å²) in [7, 11) is 0. The van der Waals surface area contributed by atoms with Gasteiger partial charge in [-0.2, -0.15) is 0 Å². The number of rotatable bonds is 2. The molecule has 0 fully saturated rings. The van der Waals surface area contributed by atoms with E-state index in [0.29, 0.717) is 12.0 Å². The average Bonchev–Trinajstić information content (AvgIpc) is 2.59. The minimum Gasteiger partial charge on any atom is -0.232 e.